The van der Waals surface area contributed by atoms with E-state index in [0.717, 1.165) is 29.0 Å². The number of esters is 1. The molecule has 4 rings (SSSR count). The number of benzene rings is 3. The molecule has 1 fully saturated rings. The highest BCUT2D eigenvalue weighted by Crippen LogP contribution is 2.28. The fourth-order valence-electron chi connectivity index (χ4n) is 6.06. The van der Waals surface area contributed by atoms with Crippen molar-refractivity contribution in [3.63, 3.8) is 0 Å². The molecule has 3 aromatic rings. The van der Waals surface area contributed by atoms with Crippen LogP contribution in [0.4, 0.5) is 4.79 Å². The van der Waals surface area contributed by atoms with Gasteiger partial charge in [-0.3, -0.25) is 19.2 Å². The van der Waals surface area contributed by atoms with E-state index in [1.807, 2.05) is 57.2 Å². The molecule has 53 heavy (non-hydrogen) atoms. The van der Waals surface area contributed by atoms with Crippen molar-refractivity contribution in [3.05, 3.63) is 113 Å². The second-order valence-electron chi connectivity index (χ2n) is 13.5. The number of hydrogen-bond donors (Lipinski definition) is 1. The maximum absolute atomic E-state index is 14.3. The summed E-state index contributed by atoms with van der Waals surface area (Å²) in [5.74, 6) is -4.09. The molecule has 1 saturated heterocycles. The lowest BCUT2D eigenvalue weighted by molar-refractivity contribution is -0.159. The van der Waals surface area contributed by atoms with Crippen molar-refractivity contribution in [3.8, 4) is 0 Å². The zero-order valence-corrected chi connectivity index (χ0v) is 30.8. The molecule has 0 spiro atoms. The minimum atomic E-state index is -1.65. The van der Waals surface area contributed by atoms with Gasteiger partial charge in [0, 0.05) is 25.5 Å². The first-order valence-electron chi connectivity index (χ1n) is 17.9. The van der Waals surface area contributed by atoms with Gasteiger partial charge >= 0.3 is 12.1 Å². The first kappa shape index (κ1) is 40.8. The Balaban J connectivity index is 1.56. The van der Waals surface area contributed by atoms with Crippen LogP contribution < -0.4 is 0 Å². The van der Waals surface area contributed by atoms with Gasteiger partial charge in [-0.1, -0.05) is 104 Å². The zero-order valence-electron chi connectivity index (χ0n) is 30.8. The summed E-state index contributed by atoms with van der Waals surface area (Å²) in [6, 6.07) is 25.0. The number of nitrogens with zero attached hydrogens (tertiary/aromatic N) is 1. The number of ketones is 2. The van der Waals surface area contributed by atoms with Crippen molar-refractivity contribution in [1.29, 1.82) is 0 Å². The number of Topliss-reactive ketones (excluding diaryl/α,β-unsaturated/α-hetero) is 1. The first-order valence-corrected chi connectivity index (χ1v) is 17.9. The van der Waals surface area contributed by atoms with Gasteiger partial charge in [-0.05, 0) is 48.4 Å². The van der Waals surface area contributed by atoms with Crippen LogP contribution in [0.1, 0.15) is 55.9 Å². The minimum Gasteiger partial charge on any atom is -0.453 e. The van der Waals surface area contributed by atoms with Gasteiger partial charge in [-0.15, -0.1) is 0 Å². The number of aryl methyl sites for hydroxylation is 1. The SMILES string of the molecule is CC(=O)O[C@H](C(=O)C=C(C(=O)CCCOC[C@@H](CO)OCc1ccccc1)c1cccc(C)c1)[C@H](Cc1ccccc1)C(=O)N1C(=O)OC[C@@H]1C(C)C. The van der Waals surface area contributed by atoms with E-state index in [2.05, 4.69) is 0 Å². The number of amides is 2. The standard InChI is InChI=1S/C42H49NO10/c1-28(2)37-27-52-42(49)43(37)41(48)36(22-31-14-7-5-8-15-31)40(53-30(4)45)39(47)23-35(33-18-11-13-29(3)21-33)38(46)19-12-20-50-26-34(24-44)51-25-32-16-9-6-10-17-32/h5-11,13-18,21,23,28,34,36-37,40,44H,12,19-20,22,24-27H2,1-4H3/t34-,36+,37-,40+/m1/s1. The lowest BCUT2D eigenvalue weighted by Crippen LogP contribution is -2.50. The monoisotopic (exact) mass is 727 g/mol. The molecule has 3 aromatic carbocycles. The van der Waals surface area contributed by atoms with Gasteiger partial charge in [0.2, 0.25) is 5.91 Å². The van der Waals surface area contributed by atoms with Crippen LogP contribution in [0.5, 0.6) is 0 Å². The Hall–Kier alpha value is -4.97. The van der Waals surface area contributed by atoms with E-state index >= 15 is 0 Å². The molecule has 11 heteroatoms. The molecule has 0 saturated carbocycles. The van der Waals surface area contributed by atoms with Crippen LogP contribution in [0.15, 0.2) is 91.0 Å². The Morgan fingerprint density at radius 1 is 0.962 bits per heavy atom. The van der Waals surface area contributed by atoms with E-state index in [4.69, 9.17) is 18.9 Å². The fraction of sp³-hybridized carbons (Fsp3) is 0.405. The van der Waals surface area contributed by atoms with Crippen LogP contribution in [-0.4, -0.2) is 84.2 Å². The minimum absolute atomic E-state index is 0.00344. The van der Waals surface area contributed by atoms with Gasteiger partial charge in [-0.25, -0.2) is 9.69 Å². The summed E-state index contributed by atoms with van der Waals surface area (Å²) >= 11 is 0. The quantitative estimate of drug-likeness (QED) is 0.0876. The van der Waals surface area contributed by atoms with Gasteiger partial charge in [-0.2, -0.15) is 0 Å². The second-order valence-corrected chi connectivity index (χ2v) is 13.5. The van der Waals surface area contributed by atoms with E-state index in [-0.39, 0.29) is 56.5 Å². The number of carbonyl (C=O) groups excluding carboxylic acids is 5. The fourth-order valence-corrected chi connectivity index (χ4v) is 6.06. The zero-order chi connectivity index (χ0) is 38.3. The lowest BCUT2D eigenvalue weighted by Gasteiger charge is -2.30. The number of imide groups is 1. The van der Waals surface area contributed by atoms with Crippen LogP contribution in [0.3, 0.4) is 0 Å². The molecule has 2 amide bonds. The third-order valence-electron chi connectivity index (χ3n) is 8.91. The van der Waals surface area contributed by atoms with Crippen LogP contribution in [0.25, 0.3) is 5.57 Å². The highest BCUT2D eigenvalue weighted by Gasteiger charge is 2.46. The van der Waals surface area contributed by atoms with E-state index < -0.39 is 47.9 Å². The summed E-state index contributed by atoms with van der Waals surface area (Å²) in [5, 5.41) is 9.74. The molecule has 1 N–H and O–H groups in total. The summed E-state index contributed by atoms with van der Waals surface area (Å²) in [5.41, 5.74) is 3.06. The summed E-state index contributed by atoms with van der Waals surface area (Å²) < 4.78 is 22.3. The number of aliphatic hydroxyl groups excluding tert-OH is 1. The smallest absolute Gasteiger partial charge is 0.416 e. The van der Waals surface area contributed by atoms with Gasteiger partial charge in [0.25, 0.3) is 0 Å². The topological polar surface area (TPSA) is 146 Å². The van der Waals surface area contributed by atoms with Crippen molar-refractivity contribution in [2.24, 2.45) is 11.8 Å². The number of aliphatic hydroxyl groups is 1. The molecule has 282 valence electrons. The van der Waals surface area contributed by atoms with Crippen LogP contribution >= 0.6 is 0 Å². The van der Waals surface area contributed by atoms with E-state index in [0.29, 0.717) is 24.2 Å². The number of carbonyl (C=O) groups is 5. The van der Waals surface area contributed by atoms with E-state index in [1.165, 1.54) is 0 Å². The molecule has 0 aliphatic carbocycles. The first-order chi connectivity index (χ1) is 25.5. The molecule has 4 atom stereocenters. The molecular formula is C42H49NO10. The lowest BCUT2D eigenvalue weighted by atomic mass is 9.87. The number of ether oxygens (including phenoxy) is 4. The van der Waals surface area contributed by atoms with Crippen molar-refractivity contribution < 1.29 is 48.0 Å². The van der Waals surface area contributed by atoms with Crippen LogP contribution in [0.2, 0.25) is 0 Å². The third-order valence-corrected chi connectivity index (χ3v) is 8.91. The highest BCUT2D eigenvalue weighted by molar-refractivity contribution is 6.25. The molecule has 1 aliphatic rings. The Bertz CT molecular complexity index is 1720. The Kier molecular flexibility index (Phi) is 15.6. The highest BCUT2D eigenvalue weighted by atomic mass is 16.6. The molecule has 0 radical (unpaired) electrons. The van der Waals surface area contributed by atoms with Crippen molar-refractivity contribution >= 4 is 35.1 Å². The number of cyclic esters (lactones) is 1. The number of allylic oxidation sites excluding steroid dienone is 1. The summed E-state index contributed by atoms with van der Waals surface area (Å²) in [4.78, 5) is 68.8. The average Bonchev–Trinajstić information content (AvgIpc) is 3.54. The Morgan fingerprint density at radius 3 is 2.26 bits per heavy atom. The predicted molar refractivity (Wildman–Crippen MR) is 197 cm³/mol. The normalized spacial score (nSPS) is 16.2. The summed E-state index contributed by atoms with van der Waals surface area (Å²) in [7, 11) is 0. The molecule has 0 aromatic heterocycles. The summed E-state index contributed by atoms with van der Waals surface area (Å²) in [6.45, 7) is 7.10. The van der Waals surface area contributed by atoms with Crippen LogP contribution in [0, 0.1) is 18.8 Å². The van der Waals surface area contributed by atoms with Gasteiger partial charge in [0.05, 0.1) is 31.8 Å². The molecule has 0 bridgehead atoms. The van der Waals surface area contributed by atoms with Crippen LogP contribution in [-0.2, 0) is 51.2 Å². The molecule has 1 heterocycles. The number of hydrogen-bond acceptors (Lipinski definition) is 10. The third kappa shape index (κ3) is 12.0. The molecular weight excluding hydrogens is 678 g/mol. The molecule has 11 nitrogen and oxygen atoms in total. The molecule has 1 aliphatic heterocycles. The summed E-state index contributed by atoms with van der Waals surface area (Å²) in [6.07, 6.45) is -1.59. The van der Waals surface area contributed by atoms with Gasteiger partial charge in [0.1, 0.15) is 12.7 Å². The maximum Gasteiger partial charge on any atom is 0.416 e. The largest absolute Gasteiger partial charge is 0.453 e. The molecule has 0 unspecified atom stereocenters. The van der Waals surface area contributed by atoms with Gasteiger partial charge < -0.3 is 24.1 Å². The van der Waals surface area contributed by atoms with E-state index in [1.54, 1.807) is 48.5 Å². The Labute approximate surface area is 310 Å². The second kappa shape index (κ2) is 20.3. The Morgan fingerprint density at radius 2 is 1.64 bits per heavy atom. The predicted octanol–water partition coefficient (Wildman–Crippen LogP) is 5.69. The van der Waals surface area contributed by atoms with Gasteiger partial charge in [0.15, 0.2) is 17.7 Å². The number of rotatable bonds is 20. The van der Waals surface area contributed by atoms with Crippen molar-refractivity contribution in [2.45, 2.75) is 71.8 Å². The van der Waals surface area contributed by atoms with E-state index in [9.17, 15) is 29.1 Å². The van der Waals surface area contributed by atoms with Crippen molar-refractivity contribution in [1.82, 2.24) is 4.90 Å². The van der Waals surface area contributed by atoms with Crippen molar-refractivity contribution in [2.75, 3.05) is 26.4 Å². The maximum atomic E-state index is 14.3. The average molecular weight is 728 g/mol.